The van der Waals surface area contributed by atoms with Crippen LogP contribution in [0, 0.1) is 0 Å². The van der Waals surface area contributed by atoms with Gasteiger partial charge in [0.2, 0.25) is 5.91 Å². The fourth-order valence-corrected chi connectivity index (χ4v) is 2.84. The smallest absolute Gasteiger partial charge is 0.321 e. The van der Waals surface area contributed by atoms with Crippen molar-refractivity contribution in [3.05, 3.63) is 35.9 Å². The van der Waals surface area contributed by atoms with Gasteiger partial charge in [0, 0.05) is 0 Å². The van der Waals surface area contributed by atoms with E-state index < -0.39 is 66.6 Å². The van der Waals surface area contributed by atoms with Crippen LogP contribution in [0.5, 0.6) is 0 Å². The summed E-state index contributed by atoms with van der Waals surface area (Å²) in [4.78, 5) is 36.0. The summed E-state index contributed by atoms with van der Waals surface area (Å²) in [5, 5.41) is 51.8. The first-order chi connectivity index (χ1) is 14.1. The van der Waals surface area contributed by atoms with E-state index in [1.165, 1.54) is 24.3 Å². The highest BCUT2D eigenvalue weighted by Gasteiger charge is 2.42. The van der Waals surface area contributed by atoms with Crippen LogP contribution in [0.4, 0.5) is 0 Å². The van der Waals surface area contributed by atoms with Crippen LogP contribution in [0.1, 0.15) is 24.8 Å². The van der Waals surface area contributed by atoms with Crippen LogP contribution < -0.4 is 16.8 Å². The Kier molecular flexibility index (Phi) is 9.99. The van der Waals surface area contributed by atoms with Crippen LogP contribution in [0.3, 0.4) is 0 Å². The number of Topliss-reactive ketones (excluding diaryl/α,β-unsaturated/α-hetero) is 1. The van der Waals surface area contributed by atoms with Crippen molar-refractivity contribution in [3.8, 4) is 0 Å². The lowest BCUT2D eigenvalue weighted by Gasteiger charge is -2.31. The lowest BCUT2D eigenvalue weighted by molar-refractivity contribution is -0.148. The van der Waals surface area contributed by atoms with Gasteiger partial charge in [-0.25, -0.2) is 0 Å². The first-order valence-corrected chi connectivity index (χ1v) is 9.34. The molecule has 0 saturated heterocycles. The van der Waals surface area contributed by atoms with Gasteiger partial charge >= 0.3 is 5.97 Å². The third-order valence-corrected chi connectivity index (χ3v) is 4.79. The molecule has 11 nitrogen and oxygen atoms in total. The van der Waals surface area contributed by atoms with Crippen molar-refractivity contribution in [3.63, 3.8) is 0 Å². The van der Waals surface area contributed by atoms with Crippen molar-refractivity contribution < 1.29 is 39.9 Å². The molecule has 0 heterocycles. The molecule has 0 bridgehead atoms. The van der Waals surface area contributed by atoms with Crippen LogP contribution in [-0.4, -0.2) is 86.2 Å². The number of ketones is 1. The molecule has 0 aliphatic carbocycles. The number of hydrogen-bond acceptors (Lipinski definition) is 9. The molecule has 7 atom stereocenters. The summed E-state index contributed by atoms with van der Waals surface area (Å²) < 4.78 is 0. The average Bonchev–Trinajstić information content (AvgIpc) is 2.75. The molecular weight excluding hydrogens is 398 g/mol. The molecule has 0 fully saturated rings. The van der Waals surface area contributed by atoms with Crippen molar-refractivity contribution in [2.45, 2.75) is 55.7 Å². The highest BCUT2D eigenvalue weighted by Crippen LogP contribution is 2.23. The van der Waals surface area contributed by atoms with Crippen LogP contribution in [0.25, 0.3) is 0 Å². The Hall–Kier alpha value is -2.41. The number of amides is 1. The molecular formula is C19H29N3O8. The number of hydrogen-bond donors (Lipinski definition) is 8. The molecule has 168 valence electrons. The van der Waals surface area contributed by atoms with Gasteiger partial charge in [0.1, 0.15) is 24.4 Å². The van der Waals surface area contributed by atoms with E-state index in [0.717, 1.165) is 0 Å². The Morgan fingerprint density at radius 2 is 1.60 bits per heavy atom. The summed E-state index contributed by atoms with van der Waals surface area (Å²) in [7, 11) is 0. The fourth-order valence-electron chi connectivity index (χ4n) is 2.84. The Morgan fingerprint density at radius 1 is 1.03 bits per heavy atom. The number of carboxylic acid groups (broad SMARTS) is 1. The summed E-state index contributed by atoms with van der Waals surface area (Å²) in [6.07, 6.45) is -6.09. The monoisotopic (exact) mass is 427 g/mol. The number of rotatable bonds is 12. The summed E-state index contributed by atoms with van der Waals surface area (Å²) >= 11 is 0. The van der Waals surface area contributed by atoms with Gasteiger partial charge in [0.25, 0.3) is 0 Å². The third kappa shape index (κ3) is 6.29. The molecule has 0 spiro atoms. The second kappa shape index (κ2) is 11.7. The molecule has 1 rings (SSSR count). The molecule has 1 aromatic rings. The van der Waals surface area contributed by atoms with Gasteiger partial charge in [-0.05, 0) is 12.0 Å². The number of carbonyl (C=O) groups is 3. The van der Waals surface area contributed by atoms with Gasteiger partial charge in [-0.2, -0.15) is 0 Å². The maximum atomic E-state index is 12.8. The molecule has 0 radical (unpaired) electrons. The Bertz CT molecular complexity index is 717. The number of aliphatic carboxylic acids is 1. The van der Waals surface area contributed by atoms with Crippen LogP contribution in [0.15, 0.2) is 30.3 Å². The van der Waals surface area contributed by atoms with Gasteiger partial charge < -0.3 is 42.3 Å². The largest absolute Gasteiger partial charge is 0.480 e. The quantitative estimate of drug-likeness (QED) is 0.169. The van der Waals surface area contributed by atoms with Gasteiger partial charge in [-0.3, -0.25) is 14.4 Å². The van der Waals surface area contributed by atoms with E-state index in [2.05, 4.69) is 5.32 Å². The predicted octanol–water partition coefficient (Wildman–Crippen LogP) is -2.95. The maximum Gasteiger partial charge on any atom is 0.321 e. The fraction of sp³-hybridized carbons (Fsp3) is 0.526. The van der Waals surface area contributed by atoms with Crippen LogP contribution >= 0.6 is 0 Å². The van der Waals surface area contributed by atoms with Gasteiger partial charge in [0.05, 0.1) is 24.6 Å². The highest BCUT2D eigenvalue weighted by molar-refractivity contribution is 5.95. The molecule has 10 N–H and O–H groups in total. The lowest BCUT2D eigenvalue weighted by Crippen LogP contribution is -2.58. The summed E-state index contributed by atoms with van der Waals surface area (Å²) in [6.45, 7) is 0.819. The lowest BCUT2D eigenvalue weighted by atomic mass is 9.83. The number of nitrogens with one attached hydrogen (secondary N) is 1. The van der Waals surface area contributed by atoms with Crippen molar-refractivity contribution in [2.24, 2.45) is 11.5 Å². The topological polar surface area (TPSA) is 216 Å². The van der Waals surface area contributed by atoms with E-state index in [-0.39, 0.29) is 12.0 Å². The van der Waals surface area contributed by atoms with E-state index in [0.29, 0.717) is 0 Å². The van der Waals surface area contributed by atoms with Crippen LogP contribution in [0.2, 0.25) is 0 Å². The molecule has 1 unspecified atom stereocenters. The second-order valence-corrected chi connectivity index (χ2v) is 6.89. The van der Waals surface area contributed by atoms with E-state index in [1.807, 2.05) is 0 Å². The van der Waals surface area contributed by atoms with Crippen LogP contribution in [-0.2, 0) is 14.4 Å². The Morgan fingerprint density at radius 3 is 2.07 bits per heavy atom. The molecule has 0 saturated carbocycles. The maximum absolute atomic E-state index is 12.8. The van der Waals surface area contributed by atoms with Crippen molar-refractivity contribution in [1.82, 2.24) is 5.32 Å². The molecule has 1 amide bonds. The van der Waals surface area contributed by atoms with Gasteiger partial charge in [-0.15, -0.1) is 0 Å². The number of aliphatic hydroxyl groups excluding tert-OH is 4. The van der Waals surface area contributed by atoms with E-state index in [4.69, 9.17) is 11.5 Å². The SMILES string of the molecule is CC[C@H](N)C(=O)N[C@H](CO)[C@@H](O)[C@@H](O)[C@H](O)C(=O)C(c1ccccc1)[C@H](N)C(=O)O. The number of carbonyl (C=O) groups excluding carboxylic acids is 2. The highest BCUT2D eigenvalue weighted by atomic mass is 16.4. The average molecular weight is 427 g/mol. The van der Waals surface area contributed by atoms with E-state index in [1.54, 1.807) is 13.0 Å². The number of benzene rings is 1. The summed E-state index contributed by atoms with van der Waals surface area (Å²) in [5.74, 6) is -4.88. The summed E-state index contributed by atoms with van der Waals surface area (Å²) in [6, 6.07) is 3.48. The first-order valence-electron chi connectivity index (χ1n) is 9.34. The van der Waals surface area contributed by atoms with Crippen molar-refractivity contribution >= 4 is 17.7 Å². The second-order valence-electron chi connectivity index (χ2n) is 6.89. The van der Waals surface area contributed by atoms with Crippen molar-refractivity contribution in [1.29, 1.82) is 0 Å². The first kappa shape index (κ1) is 25.6. The minimum absolute atomic E-state index is 0.194. The molecule has 0 aliphatic rings. The normalized spacial score (nSPS) is 18.4. The number of carboxylic acids is 1. The predicted molar refractivity (Wildman–Crippen MR) is 105 cm³/mol. The summed E-state index contributed by atoms with van der Waals surface area (Å²) in [5.41, 5.74) is 11.4. The van der Waals surface area contributed by atoms with E-state index in [9.17, 15) is 39.9 Å². The zero-order chi connectivity index (χ0) is 23.0. The zero-order valence-electron chi connectivity index (χ0n) is 16.5. The Balaban J connectivity index is 3.06. The third-order valence-electron chi connectivity index (χ3n) is 4.79. The van der Waals surface area contributed by atoms with Crippen molar-refractivity contribution in [2.75, 3.05) is 6.61 Å². The molecule has 1 aromatic carbocycles. The molecule has 0 aliphatic heterocycles. The number of aliphatic hydroxyl groups is 4. The van der Waals surface area contributed by atoms with E-state index >= 15 is 0 Å². The standard InChI is InChI=1S/C19H29N3O8/c1-2-10(20)18(28)22-11(8-23)14(24)16(26)17(27)15(25)12(13(21)19(29)30)9-6-4-3-5-7-9/h3-7,10-14,16-17,23-24,26-27H,2,8,20-21H2,1H3,(H,22,28)(H,29,30)/t10-,11+,12?,13-,14+,16+,17+/m0/s1. The molecule has 11 heteroatoms. The molecule has 30 heavy (non-hydrogen) atoms. The van der Waals surface area contributed by atoms with Gasteiger partial charge in [-0.1, -0.05) is 37.3 Å². The minimum atomic E-state index is -2.25. The Labute approximate surface area is 173 Å². The molecule has 0 aromatic heterocycles. The minimum Gasteiger partial charge on any atom is -0.480 e. The number of nitrogens with two attached hydrogens (primary N) is 2. The van der Waals surface area contributed by atoms with Gasteiger partial charge in [0.15, 0.2) is 5.78 Å². The zero-order valence-corrected chi connectivity index (χ0v) is 16.5.